The van der Waals surface area contributed by atoms with Crippen LogP contribution in [0.3, 0.4) is 0 Å². The summed E-state index contributed by atoms with van der Waals surface area (Å²) in [5, 5.41) is 0. The number of hydrogen-bond acceptors (Lipinski definition) is 2. The van der Waals surface area contributed by atoms with E-state index in [9.17, 15) is 4.79 Å². The van der Waals surface area contributed by atoms with Gasteiger partial charge in [0.25, 0.3) is 0 Å². The van der Waals surface area contributed by atoms with Gasteiger partial charge >= 0.3 is 0 Å². The predicted octanol–water partition coefficient (Wildman–Crippen LogP) is 1.95. The first kappa shape index (κ1) is 10.4. The van der Waals surface area contributed by atoms with Gasteiger partial charge in [-0.05, 0) is 20.3 Å². The smallest absolute Gasteiger partial charge is 0.130 e. The van der Waals surface area contributed by atoms with Crippen LogP contribution in [0.25, 0.3) is 0 Å². The van der Waals surface area contributed by atoms with E-state index in [4.69, 9.17) is 4.74 Å². The maximum atomic E-state index is 10.5. The number of hydrogen-bond donors (Lipinski definition) is 0. The summed E-state index contributed by atoms with van der Waals surface area (Å²) >= 11 is 0. The zero-order valence-electron chi connectivity index (χ0n) is 7.52. The third-order valence-corrected chi connectivity index (χ3v) is 1.36. The van der Waals surface area contributed by atoms with E-state index >= 15 is 0 Å². The molecule has 0 aliphatic carbocycles. The zero-order chi connectivity index (χ0) is 8.69. The molecule has 11 heavy (non-hydrogen) atoms. The Labute approximate surface area is 68.2 Å². The first-order chi connectivity index (χ1) is 5.16. The van der Waals surface area contributed by atoms with E-state index in [1.54, 1.807) is 14.0 Å². The highest BCUT2D eigenvalue weighted by Gasteiger charge is 1.91. The minimum Gasteiger partial charge on any atom is -0.380 e. The van der Waals surface area contributed by atoms with Crippen LogP contribution >= 0.6 is 0 Å². The van der Waals surface area contributed by atoms with Crippen LogP contribution in [-0.4, -0.2) is 19.5 Å². The quantitative estimate of drug-likeness (QED) is 0.569. The minimum absolute atomic E-state index is 0.242. The van der Waals surface area contributed by atoms with Crippen LogP contribution in [0.1, 0.15) is 26.7 Å². The molecule has 0 aromatic heterocycles. The third-order valence-electron chi connectivity index (χ3n) is 1.36. The molecule has 0 rings (SSSR count). The van der Waals surface area contributed by atoms with E-state index in [2.05, 4.69) is 0 Å². The Morgan fingerprint density at radius 1 is 1.45 bits per heavy atom. The number of methoxy groups -OCH3 is 1. The van der Waals surface area contributed by atoms with Crippen LogP contribution in [0.2, 0.25) is 0 Å². The lowest BCUT2D eigenvalue weighted by Crippen LogP contribution is -1.91. The standard InChI is InChI=1S/C9H16O2/c1-8(7-11-3)5-4-6-9(2)10/h5H,4,6-7H2,1-3H3. The molecule has 0 radical (unpaired) electrons. The average Bonchev–Trinajstić information content (AvgIpc) is 1.87. The van der Waals surface area contributed by atoms with Crippen LogP contribution in [-0.2, 0) is 9.53 Å². The Balaban J connectivity index is 3.47. The van der Waals surface area contributed by atoms with Crippen molar-refractivity contribution < 1.29 is 9.53 Å². The third kappa shape index (κ3) is 7.26. The highest BCUT2D eigenvalue weighted by Crippen LogP contribution is 1.98. The van der Waals surface area contributed by atoms with E-state index in [0.717, 1.165) is 6.42 Å². The molecule has 0 saturated carbocycles. The fourth-order valence-electron chi connectivity index (χ4n) is 0.808. The van der Waals surface area contributed by atoms with Gasteiger partial charge in [0.1, 0.15) is 5.78 Å². The van der Waals surface area contributed by atoms with Crippen molar-refractivity contribution in [2.75, 3.05) is 13.7 Å². The molecule has 2 heteroatoms. The lowest BCUT2D eigenvalue weighted by Gasteiger charge is -1.97. The second-order valence-corrected chi connectivity index (χ2v) is 2.72. The SMILES string of the molecule is COCC(C)=CCCC(C)=O. The van der Waals surface area contributed by atoms with Gasteiger partial charge in [0.05, 0.1) is 6.61 Å². The van der Waals surface area contributed by atoms with Crippen molar-refractivity contribution in [3.05, 3.63) is 11.6 Å². The average molecular weight is 156 g/mol. The lowest BCUT2D eigenvalue weighted by molar-refractivity contribution is -0.116. The van der Waals surface area contributed by atoms with Crippen LogP contribution in [0.5, 0.6) is 0 Å². The largest absolute Gasteiger partial charge is 0.380 e. The maximum Gasteiger partial charge on any atom is 0.130 e. The predicted molar refractivity (Wildman–Crippen MR) is 45.5 cm³/mol. The molecule has 0 heterocycles. The molecule has 0 aromatic rings. The second kappa shape index (κ2) is 6.10. The molecule has 0 atom stereocenters. The maximum absolute atomic E-state index is 10.5. The number of ketones is 1. The Morgan fingerprint density at radius 2 is 2.09 bits per heavy atom. The molecule has 0 aromatic carbocycles. The molecule has 0 aliphatic heterocycles. The number of carbonyl (C=O) groups excluding carboxylic acids is 1. The molecule has 2 nitrogen and oxygen atoms in total. The summed E-state index contributed by atoms with van der Waals surface area (Å²) in [6.07, 6.45) is 3.52. The number of ether oxygens (including phenoxy) is 1. The number of rotatable bonds is 5. The van der Waals surface area contributed by atoms with Gasteiger partial charge in [-0.2, -0.15) is 0 Å². The van der Waals surface area contributed by atoms with Gasteiger partial charge in [0.15, 0.2) is 0 Å². The first-order valence-corrected chi connectivity index (χ1v) is 3.81. The summed E-state index contributed by atoms with van der Waals surface area (Å²) < 4.78 is 4.91. The van der Waals surface area contributed by atoms with E-state index < -0.39 is 0 Å². The van der Waals surface area contributed by atoms with E-state index in [1.807, 2.05) is 13.0 Å². The summed E-state index contributed by atoms with van der Waals surface area (Å²) in [5.41, 5.74) is 1.19. The normalized spacial score (nSPS) is 11.7. The number of carbonyl (C=O) groups is 1. The van der Waals surface area contributed by atoms with Crippen LogP contribution in [0.15, 0.2) is 11.6 Å². The van der Waals surface area contributed by atoms with E-state index in [0.29, 0.717) is 13.0 Å². The van der Waals surface area contributed by atoms with Crippen molar-refractivity contribution in [3.8, 4) is 0 Å². The van der Waals surface area contributed by atoms with Crippen LogP contribution in [0, 0.1) is 0 Å². The molecule has 0 N–H and O–H groups in total. The summed E-state index contributed by atoms with van der Waals surface area (Å²) in [6, 6.07) is 0. The summed E-state index contributed by atoms with van der Waals surface area (Å²) in [6.45, 7) is 4.28. The van der Waals surface area contributed by atoms with E-state index in [-0.39, 0.29) is 5.78 Å². The van der Waals surface area contributed by atoms with Gasteiger partial charge in [0.2, 0.25) is 0 Å². The van der Waals surface area contributed by atoms with E-state index in [1.165, 1.54) is 5.57 Å². The van der Waals surface area contributed by atoms with Gasteiger partial charge in [-0.1, -0.05) is 11.6 Å². The zero-order valence-corrected chi connectivity index (χ0v) is 7.52. The number of allylic oxidation sites excluding steroid dienone is 1. The molecule has 0 unspecified atom stereocenters. The van der Waals surface area contributed by atoms with Crippen molar-refractivity contribution in [2.45, 2.75) is 26.7 Å². The molecule has 0 fully saturated rings. The van der Waals surface area contributed by atoms with Gasteiger partial charge in [-0.3, -0.25) is 0 Å². The molecule has 0 aliphatic rings. The van der Waals surface area contributed by atoms with Crippen LogP contribution < -0.4 is 0 Å². The van der Waals surface area contributed by atoms with Crippen molar-refractivity contribution >= 4 is 5.78 Å². The minimum atomic E-state index is 0.242. The fraction of sp³-hybridized carbons (Fsp3) is 0.667. The summed E-state index contributed by atoms with van der Waals surface area (Å²) in [7, 11) is 1.67. The van der Waals surface area contributed by atoms with Crippen molar-refractivity contribution in [3.63, 3.8) is 0 Å². The Morgan fingerprint density at radius 3 is 2.55 bits per heavy atom. The highest BCUT2D eigenvalue weighted by atomic mass is 16.5. The fourth-order valence-corrected chi connectivity index (χ4v) is 0.808. The van der Waals surface area contributed by atoms with Gasteiger partial charge < -0.3 is 9.53 Å². The Kier molecular flexibility index (Phi) is 5.75. The molecule has 0 bridgehead atoms. The summed E-state index contributed by atoms with van der Waals surface area (Å²) in [5.74, 6) is 0.242. The number of Topliss-reactive ketones (excluding diaryl/α,β-unsaturated/α-hetero) is 1. The molecular formula is C9H16O2. The Bertz CT molecular complexity index is 148. The topological polar surface area (TPSA) is 26.3 Å². The van der Waals surface area contributed by atoms with Crippen LogP contribution in [0.4, 0.5) is 0 Å². The van der Waals surface area contributed by atoms with Gasteiger partial charge in [-0.25, -0.2) is 0 Å². The summed E-state index contributed by atoms with van der Waals surface area (Å²) in [4.78, 5) is 10.5. The molecule has 0 amide bonds. The molecular weight excluding hydrogens is 140 g/mol. The van der Waals surface area contributed by atoms with Gasteiger partial charge in [-0.15, -0.1) is 0 Å². The van der Waals surface area contributed by atoms with Crippen molar-refractivity contribution in [1.82, 2.24) is 0 Å². The molecule has 0 saturated heterocycles. The lowest BCUT2D eigenvalue weighted by atomic mass is 10.2. The van der Waals surface area contributed by atoms with Crippen molar-refractivity contribution in [1.29, 1.82) is 0 Å². The van der Waals surface area contributed by atoms with Gasteiger partial charge in [0, 0.05) is 13.5 Å². The second-order valence-electron chi connectivity index (χ2n) is 2.72. The molecule has 0 spiro atoms. The monoisotopic (exact) mass is 156 g/mol. The Hall–Kier alpha value is -0.630. The van der Waals surface area contributed by atoms with Crippen molar-refractivity contribution in [2.24, 2.45) is 0 Å². The highest BCUT2D eigenvalue weighted by molar-refractivity contribution is 5.75. The first-order valence-electron chi connectivity index (χ1n) is 3.81. The molecule has 64 valence electrons.